The van der Waals surface area contributed by atoms with Crippen LogP contribution in [0.25, 0.3) is 0 Å². The van der Waals surface area contributed by atoms with Gasteiger partial charge in [0.15, 0.2) is 5.78 Å². The zero-order valence-electron chi connectivity index (χ0n) is 16.5. The topological polar surface area (TPSA) is 65.5 Å². The van der Waals surface area contributed by atoms with E-state index in [4.69, 9.17) is 9.47 Å². The summed E-state index contributed by atoms with van der Waals surface area (Å²) < 4.78 is 11.3. The predicted molar refractivity (Wildman–Crippen MR) is 116 cm³/mol. The first-order chi connectivity index (χ1) is 15.2. The average Bonchev–Trinajstić information content (AvgIpc) is 2.82. The second kappa shape index (κ2) is 9.50. The van der Waals surface area contributed by atoms with Crippen molar-refractivity contribution in [1.29, 1.82) is 0 Å². The Labute approximate surface area is 179 Å². The molecule has 5 nitrogen and oxygen atoms in total. The minimum Gasteiger partial charge on any atom is -0.457 e. The number of esters is 1. The first-order valence-corrected chi connectivity index (χ1v) is 9.74. The van der Waals surface area contributed by atoms with Crippen molar-refractivity contribution in [3.05, 3.63) is 121 Å². The molecule has 152 valence electrons. The molecular formula is C26H19NO4. The first-order valence-electron chi connectivity index (χ1n) is 9.74. The molecule has 0 aliphatic carbocycles. The Morgan fingerprint density at radius 1 is 0.677 bits per heavy atom. The fraction of sp³-hybridized carbons (Fsp3) is 0.0385. The molecule has 0 spiro atoms. The molecule has 0 saturated carbocycles. The van der Waals surface area contributed by atoms with Gasteiger partial charge >= 0.3 is 5.97 Å². The summed E-state index contributed by atoms with van der Waals surface area (Å²) in [4.78, 5) is 30.1. The van der Waals surface area contributed by atoms with Gasteiger partial charge in [0.25, 0.3) is 0 Å². The van der Waals surface area contributed by atoms with Crippen LogP contribution in [0.2, 0.25) is 0 Å². The number of Topliss-reactive ketones (excluding diaryl/α,β-unsaturated/α-hetero) is 1. The molecule has 1 unspecified atom stereocenters. The van der Waals surface area contributed by atoms with Crippen molar-refractivity contribution in [2.24, 2.45) is 0 Å². The van der Waals surface area contributed by atoms with E-state index in [1.807, 2.05) is 36.4 Å². The van der Waals surface area contributed by atoms with Crippen LogP contribution in [0.5, 0.6) is 17.2 Å². The van der Waals surface area contributed by atoms with E-state index in [0.717, 1.165) is 0 Å². The minimum atomic E-state index is -1.09. The fourth-order valence-corrected chi connectivity index (χ4v) is 3.09. The Morgan fingerprint density at radius 3 is 1.94 bits per heavy atom. The molecule has 0 amide bonds. The highest BCUT2D eigenvalue weighted by Gasteiger charge is 2.31. The number of aromatic nitrogens is 1. The summed E-state index contributed by atoms with van der Waals surface area (Å²) in [7, 11) is 0. The van der Waals surface area contributed by atoms with Crippen LogP contribution in [0.3, 0.4) is 0 Å². The summed E-state index contributed by atoms with van der Waals surface area (Å²) in [5, 5.41) is 0. The van der Waals surface area contributed by atoms with Crippen LogP contribution in [-0.2, 0) is 4.79 Å². The van der Waals surface area contributed by atoms with Crippen LogP contribution in [0.1, 0.15) is 21.8 Å². The third-order valence-corrected chi connectivity index (χ3v) is 4.60. The minimum absolute atomic E-state index is 0.324. The number of ketones is 1. The van der Waals surface area contributed by atoms with Gasteiger partial charge in [0.2, 0.25) is 0 Å². The highest BCUT2D eigenvalue weighted by atomic mass is 16.5. The Kier molecular flexibility index (Phi) is 6.14. The van der Waals surface area contributed by atoms with Crippen molar-refractivity contribution in [2.75, 3.05) is 0 Å². The van der Waals surface area contributed by atoms with E-state index in [1.54, 1.807) is 66.9 Å². The lowest BCUT2D eigenvalue weighted by atomic mass is 9.91. The first kappa shape index (κ1) is 20.0. The smallest absolute Gasteiger partial charge is 0.326 e. The Hall–Kier alpha value is -4.25. The summed E-state index contributed by atoms with van der Waals surface area (Å²) in [6, 6.07) is 28.2. The van der Waals surface area contributed by atoms with Crippen molar-refractivity contribution >= 4 is 11.8 Å². The second-order valence-electron chi connectivity index (χ2n) is 6.76. The highest BCUT2D eigenvalue weighted by molar-refractivity contribution is 6.13. The molecule has 3 aromatic carbocycles. The Bertz CT molecular complexity index is 1140. The van der Waals surface area contributed by atoms with Crippen LogP contribution in [0.4, 0.5) is 0 Å². The van der Waals surface area contributed by atoms with Crippen LogP contribution < -0.4 is 9.47 Å². The lowest BCUT2D eigenvalue weighted by Crippen LogP contribution is -2.26. The zero-order chi connectivity index (χ0) is 21.5. The number of hydrogen-bond donors (Lipinski definition) is 0. The van der Waals surface area contributed by atoms with E-state index >= 15 is 0 Å². The molecular weight excluding hydrogens is 390 g/mol. The number of carbonyl (C=O) groups is 2. The maximum absolute atomic E-state index is 13.1. The molecule has 4 aromatic rings. The number of ether oxygens (including phenoxy) is 2. The summed E-state index contributed by atoms with van der Waals surface area (Å²) in [6.45, 7) is 0. The molecule has 4 rings (SSSR count). The van der Waals surface area contributed by atoms with Crippen molar-refractivity contribution in [3.63, 3.8) is 0 Å². The van der Waals surface area contributed by atoms with Crippen LogP contribution in [0.15, 0.2) is 109 Å². The van der Waals surface area contributed by atoms with E-state index in [2.05, 4.69) is 4.98 Å². The lowest BCUT2D eigenvalue weighted by molar-refractivity contribution is -0.134. The largest absolute Gasteiger partial charge is 0.457 e. The van der Waals surface area contributed by atoms with Gasteiger partial charge in [-0.1, -0.05) is 48.5 Å². The van der Waals surface area contributed by atoms with Crippen molar-refractivity contribution in [3.8, 4) is 17.2 Å². The van der Waals surface area contributed by atoms with Gasteiger partial charge in [0.05, 0.1) is 0 Å². The molecule has 31 heavy (non-hydrogen) atoms. The molecule has 0 radical (unpaired) electrons. The Morgan fingerprint density at radius 2 is 1.29 bits per heavy atom. The van der Waals surface area contributed by atoms with Gasteiger partial charge in [-0.05, 0) is 54.1 Å². The normalized spacial score (nSPS) is 11.4. The van der Waals surface area contributed by atoms with Gasteiger partial charge in [-0.3, -0.25) is 14.6 Å². The third-order valence-electron chi connectivity index (χ3n) is 4.60. The standard InChI is InChI=1S/C26H19NO4/c28-25(20-10-7-17-27-18-20)24(19-8-3-1-4-9-19)26(29)31-23-15-13-22(14-16-23)30-21-11-5-2-6-12-21/h1-18,24H. The SMILES string of the molecule is O=C(Oc1ccc(Oc2ccccc2)cc1)C(C(=O)c1cccnc1)c1ccccc1. The molecule has 1 heterocycles. The number of rotatable bonds is 7. The monoisotopic (exact) mass is 409 g/mol. The molecule has 1 atom stereocenters. The number of carbonyl (C=O) groups excluding carboxylic acids is 2. The lowest BCUT2D eigenvalue weighted by Gasteiger charge is -2.15. The molecule has 0 fully saturated rings. The Balaban J connectivity index is 1.53. The van der Waals surface area contributed by atoms with Crippen LogP contribution in [-0.4, -0.2) is 16.7 Å². The number of nitrogens with zero attached hydrogens (tertiary/aromatic N) is 1. The average molecular weight is 409 g/mol. The number of para-hydroxylation sites is 1. The molecule has 0 aliphatic heterocycles. The number of hydrogen-bond acceptors (Lipinski definition) is 5. The maximum atomic E-state index is 13.1. The second-order valence-corrected chi connectivity index (χ2v) is 6.76. The highest BCUT2D eigenvalue weighted by Crippen LogP contribution is 2.27. The van der Waals surface area contributed by atoms with E-state index in [-0.39, 0.29) is 5.78 Å². The van der Waals surface area contributed by atoms with Gasteiger partial charge in [0, 0.05) is 18.0 Å². The van der Waals surface area contributed by atoms with Gasteiger partial charge in [-0.15, -0.1) is 0 Å². The number of pyridine rings is 1. The molecule has 0 aliphatic rings. The molecule has 0 saturated heterocycles. The van der Waals surface area contributed by atoms with Crippen molar-refractivity contribution in [2.45, 2.75) is 5.92 Å². The summed E-state index contributed by atoms with van der Waals surface area (Å²) in [5.74, 6) is -0.475. The van der Waals surface area contributed by atoms with Gasteiger partial charge < -0.3 is 9.47 Å². The molecule has 0 N–H and O–H groups in total. The van der Waals surface area contributed by atoms with E-state index in [1.165, 1.54) is 6.20 Å². The molecule has 0 bridgehead atoms. The van der Waals surface area contributed by atoms with Crippen molar-refractivity contribution in [1.82, 2.24) is 4.98 Å². The predicted octanol–water partition coefficient (Wildman–Crippen LogP) is 5.45. The van der Waals surface area contributed by atoms with E-state index in [0.29, 0.717) is 28.4 Å². The third kappa shape index (κ3) is 5.03. The fourth-order valence-electron chi connectivity index (χ4n) is 3.09. The summed E-state index contributed by atoms with van der Waals surface area (Å²) >= 11 is 0. The zero-order valence-corrected chi connectivity index (χ0v) is 16.5. The summed E-state index contributed by atoms with van der Waals surface area (Å²) in [6.07, 6.45) is 3.02. The van der Waals surface area contributed by atoms with Crippen LogP contribution in [0, 0.1) is 0 Å². The maximum Gasteiger partial charge on any atom is 0.326 e. The summed E-state index contributed by atoms with van der Waals surface area (Å²) in [5.41, 5.74) is 0.908. The van der Waals surface area contributed by atoms with Gasteiger partial charge in [-0.2, -0.15) is 0 Å². The van der Waals surface area contributed by atoms with E-state index in [9.17, 15) is 9.59 Å². The molecule has 5 heteroatoms. The van der Waals surface area contributed by atoms with Crippen LogP contribution >= 0.6 is 0 Å². The van der Waals surface area contributed by atoms with Gasteiger partial charge in [-0.25, -0.2) is 0 Å². The van der Waals surface area contributed by atoms with E-state index < -0.39 is 11.9 Å². The number of benzene rings is 3. The van der Waals surface area contributed by atoms with Crippen molar-refractivity contribution < 1.29 is 19.1 Å². The quantitative estimate of drug-likeness (QED) is 0.176. The molecule has 1 aromatic heterocycles. The van der Waals surface area contributed by atoms with Gasteiger partial charge in [0.1, 0.15) is 23.2 Å².